The fourth-order valence-corrected chi connectivity index (χ4v) is 3.07. The molecule has 0 amide bonds. The number of anilines is 2. The van der Waals surface area contributed by atoms with Crippen molar-refractivity contribution in [2.24, 2.45) is 0 Å². The third-order valence-electron chi connectivity index (χ3n) is 4.25. The van der Waals surface area contributed by atoms with Crippen molar-refractivity contribution in [2.45, 2.75) is 27.0 Å². The molecule has 0 bridgehead atoms. The largest absolute Gasteiger partial charge is 0.433 e. The van der Waals surface area contributed by atoms with E-state index in [9.17, 15) is 13.2 Å². The van der Waals surface area contributed by atoms with Crippen molar-refractivity contribution in [1.82, 2.24) is 9.78 Å². The Morgan fingerprint density at radius 3 is 2.52 bits per heavy atom. The minimum atomic E-state index is -2.94. The van der Waals surface area contributed by atoms with Crippen LogP contribution in [0.1, 0.15) is 17.0 Å². The van der Waals surface area contributed by atoms with Crippen LogP contribution in [0.3, 0.4) is 0 Å². The number of ether oxygens (including phenoxy) is 1. The third kappa shape index (κ3) is 5.05. The predicted molar refractivity (Wildman–Crippen MR) is 110 cm³/mol. The van der Waals surface area contributed by atoms with Crippen LogP contribution in [0.25, 0.3) is 0 Å². The van der Waals surface area contributed by atoms with Gasteiger partial charge in [0.05, 0.1) is 29.3 Å². The maximum absolute atomic E-state index is 13.9. The topological polar surface area (TPSA) is 51.1 Å². The van der Waals surface area contributed by atoms with Crippen molar-refractivity contribution in [1.29, 1.82) is 0 Å². The number of para-hydroxylation sites is 2. The van der Waals surface area contributed by atoms with Crippen molar-refractivity contribution < 1.29 is 17.9 Å². The molecule has 29 heavy (non-hydrogen) atoms. The molecule has 2 N–H and O–H groups in total. The molecular formula is C20H19F3N4OS. The minimum Gasteiger partial charge on any atom is -0.433 e. The van der Waals surface area contributed by atoms with E-state index in [0.717, 1.165) is 5.69 Å². The molecule has 5 nitrogen and oxygen atoms in total. The van der Waals surface area contributed by atoms with E-state index >= 15 is 0 Å². The smallest absolute Gasteiger partial charge is 0.387 e. The number of alkyl halides is 2. The van der Waals surface area contributed by atoms with E-state index in [4.69, 9.17) is 12.2 Å². The molecule has 1 heterocycles. The average Bonchev–Trinajstić information content (AvgIpc) is 2.92. The van der Waals surface area contributed by atoms with Gasteiger partial charge in [-0.25, -0.2) is 4.39 Å². The van der Waals surface area contributed by atoms with Crippen molar-refractivity contribution >= 4 is 28.7 Å². The van der Waals surface area contributed by atoms with Gasteiger partial charge in [-0.15, -0.1) is 0 Å². The first kappa shape index (κ1) is 20.7. The molecule has 0 saturated carbocycles. The van der Waals surface area contributed by atoms with Crippen LogP contribution in [0.15, 0.2) is 48.5 Å². The lowest BCUT2D eigenvalue weighted by Gasteiger charge is -2.14. The summed E-state index contributed by atoms with van der Waals surface area (Å²) in [4.78, 5) is 0. The molecule has 0 spiro atoms. The van der Waals surface area contributed by atoms with Crippen LogP contribution in [0.4, 0.5) is 24.5 Å². The number of nitrogens with one attached hydrogen (secondary N) is 2. The Morgan fingerprint density at radius 1 is 1.10 bits per heavy atom. The molecular weight excluding hydrogens is 401 g/mol. The summed E-state index contributed by atoms with van der Waals surface area (Å²) in [5, 5.41) is 10.5. The van der Waals surface area contributed by atoms with E-state index in [1.54, 1.807) is 48.0 Å². The standard InChI is InChI=1S/C20H19F3N4OS/c1-12-18(13(2)27(26-12)11-14-7-3-4-8-15(14)21)25-20(29)24-16-9-5-6-10-17(16)28-19(22)23/h3-10,19H,11H2,1-2H3,(H2,24,25,29). The molecule has 0 saturated heterocycles. The maximum Gasteiger partial charge on any atom is 0.387 e. The highest BCUT2D eigenvalue weighted by Gasteiger charge is 2.15. The highest BCUT2D eigenvalue weighted by atomic mass is 32.1. The average molecular weight is 420 g/mol. The van der Waals surface area contributed by atoms with Crippen LogP contribution >= 0.6 is 12.2 Å². The fourth-order valence-electron chi connectivity index (χ4n) is 2.86. The number of hydrogen-bond acceptors (Lipinski definition) is 3. The number of aryl methyl sites for hydroxylation is 1. The van der Waals surface area contributed by atoms with Crippen molar-refractivity contribution in [2.75, 3.05) is 10.6 Å². The van der Waals surface area contributed by atoms with Gasteiger partial charge in [-0.05, 0) is 44.3 Å². The van der Waals surface area contributed by atoms with Crippen LogP contribution in [-0.2, 0) is 6.54 Å². The second kappa shape index (κ2) is 8.95. The lowest BCUT2D eigenvalue weighted by Crippen LogP contribution is -2.20. The molecule has 0 fully saturated rings. The fraction of sp³-hybridized carbons (Fsp3) is 0.200. The maximum atomic E-state index is 13.9. The first-order valence-corrected chi connectivity index (χ1v) is 9.15. The van der Waals surface area contributed by atoms with Crippen LogP contribution in [-0.4, -0.2) is 21.5 Å². The van der Waals surface area contributed by atoms with Crippen LogP contribution in [0.2, 0.25) is 0 Å². The molecule has 3 aromatic rings. The first-order chi connectivity index (χ1) is 13.8. The number of thiocarbonyl (C=S) groups is 1. The van der Waals surface area contributed by atoms with E-state index in [0.29, 0.717) is 22.6 Å². The highest BCUT2D eigenvalue weighted by Crippen LogP contribution is 2.26. The summed E-state index contributed by atoms with van der Waals surface area (Å²) >= 11 is 5.31. The van der Waals surface area contributed by atoms with E-state index in [1.165, 1.54) is 12.1 Å². The van der Waals surface area contributed by atoms with E-state index < -0.39 is 6.61 Å². The van der Waals surface area contributed by atoms with E-state index in [-0.39, 0.29) is 23.2 Å². The zero-order chi connectivity index (χ0) is 21.0. The lowest BCUT2D eigenvalue weighted by atomic mass is 10.2. The zero-order valence-corrected chi connectivity index (χ0v) is 16.6. The van der Waals surface area contributed by atoms with E-state index in [2.05, 4.69) is 20.5 Å². The van der Waals surface area contributed by atoms with Crippen LogP contribution in [0.5, 0.6) is 5.75 Å². The molecule has 0 aliphatic heterocycles. The highest BCUT2D eigenvalue weighted by molar-refractivity contribution is 7.80. The molecule has 0 aliphatic rings. The number of nitrogens with zero attached hydrogens (tertiary/aromatic N) is 2. The summed E-state index contributed by atoms with van der Waals surface area (Å²) in [5.74, 6) is -0.322. The van der Waals surface area contributed by atoms with Crippen molar-refractivity contribution in [3.8, 4) is 5.75 Å². The van der Waals surface area contributed by atoms with Gasteiger partial charge >= 0.3 is 6.61 Å². The van der Waals surface area contributed by atoms with Gasteiger partial charge in [0, 0.05) is 5.56 Å². The zero-order valence-electron chi connectivity index (χ0n) is 15.7. The molecule has 1 aromatic heterocycles. The number of halogens is 3. The van der Waals surface area contributed by atoms with Gasteiger partial charge < -0.3 is 15.4 Å². The monoisotopic (exact) mass is 420 g/mol. The van der Waals surface area contributed by atoms with Gasteiger partial charge in [-0.1, -0.05) is 30.3 Å². The Bertz CT molecular complexity index is 1020. The summed E-state index contributed by atoms with van der Waals surface area (Å²) in [6, 6.07) is 12.7. The minimum absolute atomic E-state index is 0.0182. The Morgan fingerprint density at radius 2 is 1.79 bits per heavy atom. The number of aromatic nitrogens is 2. The molecule has 9 heteroatoms. The SMILES string of the molecule is Cc1nn(Cc2ccccc2F)c(C)c1NC(=S)Nc1ccccc1OC(F)F. The predicted octanol–water partition coefficient (Wildman–Crippen LogP) is 5.10. The second-order valence-corrected chi connectivity index (χ2v) is 6.66. The summed E-state index contributed by atoms with van der Waals surface area (Å²) in [7, 11) is 0. The van der Waals surface area contributed by atoms with E-state index in [1.807, 2.05) is 6.92 Å². The molecule has 0 atom stereocenters. The number of benzene rings is 2. The quantitative estimate of drug-likeness (QED) is 0.544. The van der Waals surface area contributed by atoms with Gasteiger partial charge in [-0.3, -0.25) is 4.68 Å². The Labute approximate surface area is 171 Å². The first-order valence-electron chi connectivity index (χ1n) is 8.74. The summed E-state index contributed by atoms with van der Waals surface area (Å²) in [5.41, 5.74) is 2.90. The molecule has 0 aliphatic carbocycles. The summed E-state index contributed by atoms with van der Waals surface area (Å²) in [6.45, 7) is 0.954. The normalized spacial score (nSPS) is 10.8. The van der Waals surface area contributed by atoms with Crippen molar-refractivity contribution in [3.63, 3.8) is 0 Å². The summed E-state index contributed by atoms with van der Waals surface area (Å²) < 4.78 is 45.2. The molecule has 3 rings (SSSR count). The third-order valence-corrected chi connectivity index (χ3v) is 4.45. The van der Waals surface area contributed by atoms with Gasteiger partial charge in [0.2, 0.25) is 0 Å². The molecule has 152 valence electrons. The second-order valence-electron chi connectivity index (χ2n) is 6.25. The van der Waals surface area contributed by atoms with Gasteiger partial charge in [0.1, 0.15) is 11.6 Å². The van der Waals surface area contributed by atoms with Gasteiger partial charge in [0.25, 0.3) is 0 Å². The summed E-state index contributed by atoms with van der Waals surface area (Å²) in [6.07, 6.45) is 0. The number of hydrogen-bond donors (Lipinski definition) is 2. The molecule has 2 aromatic carbocycles. The van der Waals surface area contributed by atoms with Gasteiger partial charge in [-0.2, -0.15) is 13.9 Å². The molecule has 0 radical (unpaired) electrons. The molecule has 0 unspecified atom stereocenters. The Balaban J connectivity index is 1.75. The lowest BCUT2D eigenvalue weighted by molar-refractivity contribution is -0.0493. The Kier molecular flexibility index (Phi) is 6.38. The van der Waals surface area contributed by atoms with Gasteiger partial charge in [0.15, 0.2) is 5.11 Å². The van der Waals surface area contributed by atoms with Crippen molar-refractivity contribution in [3.05, 3.63) is 71.3 Å². The van der Waals surface area contributed by atoms with Crippen LogP contribution in [0, 0.1) is 19.7 Å². The number of rotatable bonds is 6. The Hall–Kier alpha value is -3.07. The van der Waals surface area contributed by atoms with Crippen LogP contribution < -0.4 is 15.4 Å².